The van der Waals surface area contributed by atoms with Gasteiger partial charge in [0.15, 0.2) is 0 Å². The summed E-state index contributed by atoms with van der Waals surface area (Å²) in [5.41, 5.74) is 7.21. The normalized spacial score (nSPS) is 16.9. The molecule has 17 heteroatoms. The molecular weight excluding hydrogens is 789 g/mol. The second kappa shape index (κ2) is 20.2. The number of halogens is 1. The first-order valence-electron chi connectivity index (χ1n) is 19.2. The Bertz CT molecular complexity index is 2540. The molecule has 5 aromatic heterocycles. The Hall–Kier alpha value is -6.45. The van der Waals surface area contributed by atoms with E-state index in [4.69, 9.17) is 24.2 Å². The minimum absolute atomic E-state index is 0. The Balaban J connectivity index is 0.000000199. The number of tetrazole rings is 1. The summed E-state index contributed by atoms with van der Waals surface area (Å²) >= 11 is 0. The minimum Gasteiger partial charge on any atom is -1.00 e. The summed E-state index contributed by atoms with van der Waals surface area (Å²) in [5.74, 6) is 6.24. The summed E-state index contributed by atoms with van der Waals surface area (Å²) < 4.78 is 22.6. The molecule has 0 aliphatic heterocycles. The number of pyridine rings is 2. The Morgan fingerprint density at radius 1 is 0.639 bits per heavy atom. The zero-order chi connectivity index (χ0) is 40.7. The topological polar surface area (TPSA) is 193 Å². The maximum atomic E-state index is 8.98. The quantitative estimate of drug-likeness (QED) is 0.163. The monoisotopic (exact) mass is 829 g/mol. The first kappa shape index (κ1) is 44.1. The molecule has 4 atom stereocenters. The fourth-order valence-corrected chi connectivity index (χ4v) is 6.75. The van der Waals surface area contributed by atoms with Gasteiger partial charge in [0.1, 0.15) is 23.1 Å². The minimum atomic E-state index is 0. The van der Waals surface area contributed by atoms with Gasteiger partial charge in [0.2, 0.25) is 17.6 Å². The van der Waals surface area contributed by atoms with Crippen molar-refractivity contribution in [1.29, 1.82) is 5.26 Å². The number of aryl methyl sites for hydroxylation is 2. The number of H-pyrrole nitrogens is 1. The SMILES string of the molecule is COc1ccc([C@H]2C[C@@H]2COc2nc(C)ncc2-c2ccc(-c3nn[nH]n3)cc2)nc1.COc1ccc([C@H]2C[C@@H]2COc2nc(C)ncc2-c2ccc(C#N)cc2)nc1.[Cl-].[Li+]. The molecule has 304 valence electrons. The van der Waals surface area contributed by atoms with Gasteiger partial charge < -0.3 is 31.4 Å². The molecule has 0 amide bonds. The summed E-state index contributed by atoms with van der Waals surface area (Å²) in [5, 5.41) is 23.1. The summed E-state index contributed by atoms with van der Waals surface area (Å²) in [6.45, 7) is 4.87. The molecule has 0 unspecified atom stereocenters. The molecule has 7 aromatic rings. The molecule has 0 saturated heterocycles. The van der Waals surface area contributed by atoms with E-state index in [0.29, 0.717) is 71.7 Å². The van der Waals surface area contributed by atoms with Crippen molar-refractivity contribution >= 4 is 0 Å². The van der Waals surface area contributed by atoms with Gasteiger partial charge in [0.25, 0.3) is 0 Å². The maximum absolute atomic E-state index is 8.98. The van der Waals surface area contributed by atoms with Crippen LogP contribution in [-0.4, -0.2) is 78.0 Å². The third-order valence-corrected chi connectivity index (χ3v) is 10.3. The van der Waals surface area contributed by atoms with Gasteiger partial charge in [-0.2, -0.15) is 20.4 Å². The molecule has 2 saturated carbocycles. The molecule has 2 aliphatic carbocycles. The van der Waals surface area contributed by atoms with Crippen LogP contribution in [0.2, 0.25) is 0 Å². The van der Waals surface area contributed by atoms with E-state index >= 15 is 0 Å². The van der Waals surface area contributed by atoms with Crippen LogP contribution in [0.5, 0.6) is 23.3 Å². The standard InChI is InChI=1S/C22H21N7O2.C22H20N4O2.ClH.Li/c1-13-23-11-19(14-3-5-15(6-4-14)21-26-28-29-27-21)22(25-13)31-12-16-9-18(16)20-8-7-17(30-2)10-24-20;1-14-24-12-20(16-5-3-15(10-23)4-6-16)22(26-14)28-13-17-9-19(17)21-8-7-18(27-2)11-25-21;;/h3-8,10-11,16,18H,9,12H2,1-2H3,(H,26,27,28,29);3-8,11-12,17,19H,9,13H2,1-2H3;1H;/q;;;+1/p-1/t16-,18+;17-,19+;;/m11../s1. The van der Waals surface area contributed by atoms with E-state index in [-0.39, 0.29) is 31.3 Å². The van der Waals surface area contributed by atoms with E-state index in [9.17, 15) is 0 Å². The summed E-state index contributed by atoms with van der Waals surface area (Å²) in [4.78, 5) is 26.7. The predicted molar refractivity (Wildman–Crippen MR) is 217 cm³/mol. The van der Waals surface area contributed by atoms with E-state index in [0.717, 1.165) is 63.5 Å². The van der Waals surface area contributed by atoms with Gasteiger partial charge in [-0.15, -0.1) is 10.2 Å². The predicted octanol–water partition coefficient (Wildman–Crippen LogP) is 1.14. The van der Waals surface area contributed by atoms with Crippen LogP contribution in [-0.2, 0) is 0 Å². The Morgan fingerprint density at radius 3 is 1.52 bits per heavy atom. The van der Waals surface area contributed by atoms with E-state index in [1.54, 1.807) is 51.1 Å². The number of hydrogen-bond acceptors (Lipinski definition) is 14. The number of aromatic nitrogens is 10. The molecule has 2 aromatic carbocycles. The van der Waals surface area contributed by atoms with Crippen LogP contribution in [0.4, 0.5) is 0 Å². The number of methoxy groups -OCH3 is 2. The molecule has 0 bridgehead atoms. The van der Waals surface area contributed by atoms with Crippen LogP contribution in [0.1, 0.15) is 53.3 Å². The number of nitriles is 1. The molecule has 15 nitrogen and oxygen atoms in total. The Morgan fingerprint density at radius 2 is 1.11 bits per heavy atom. The van der Waals surface area contributed by atoms with Gasteiger partial charge in [0, 0.05) is 53.0 Å². The van der Waals surface area contributed by atoms with Gasteiger partial charge in [0.05, 0.1) is 62.6 Å². The first-order chi connectivity index (χ1) is 28.9. The van der Waals surface area contributed by atoms with Crippen molar-refractivity contribution in [3.63, 3.8) is 0 Å². The summed E-state index contributed by atoms with van der Waals surface area (Å²) in [6.07, 6.45) is 9.19. The molecule has 5 heterocycles. The van der Waals surface area contributed by atoms with Crippen molar-refractivity contribution in [3.05, 3.63) is 126 Å². The number of aromatic amines is 1. The second-order valence-corrected chi connectivity index (χ2v) is 14.3. The number of nitrogens with zero attached hydrogens (tertiary/aromatic N) is 10. The number of benzene rings is 2. The van der Waals surface area contributed by atoms with E-state index in [2.05, 4.69) is 56.6 Å². The second-order valence-electron chi connectivity index (χ2n) is 14.3. The van der Waals surface area contributed by atoms with Gasteiger partial charge in [-0.05, 0) is 79.4 Å². The third-order valence-electron chi connectivity index (χ3n) is 10.3. The molecule has 2 fully saturated rings. The van der Waals surface area contributed by atoms with Crippen molar-refractivity contribution in [2.45, 2.75) is 38.5 Å². The van der Waals surface area contributed by atoms with E-state index < -0.39 is 0 Å². The number of rotatable bonds is 13. The van der Waals surface area contributed by atoms with Crippen molar-refractivity contribution in [2.24, 2.45) is 11.8 Å². The summed E-state index contributed by atoms with van der Waals surface area (Å²) in [6, 6.07) is 25.2. The van der Waals surface area contributed by atoms with E-state index in [1.165, 1.54) is 0 Å². The van der Waals surface area contributed by atoms with Crippen molar-refractivity contribution < 1.29 is 50.2 Å². The van der Waals surface area contributed by atoms with Gasteiger partial charge in [-0.1, -0.05) is 36.4 Å². The molecular formula is C44H41ClLiN11O4. The molecule has 9 rings (SSSR count). The summed E-state index contributed by atoms with van der Waals surface area (Å²) in [7, 11) is 3.28. The van der Waals surface area contributed by atoms with Gasteiger partial charge >= 0.3 is 18.9 Å². The largest absolute Gasteiger partial charge is 1.00 e. The average molecular weight is 830 g/mol. The molecule has 0 spiro atoms. The van der Waals surface area contributed by atoms with Gasteiger partial charge in [-0.25, -0.2) is 9.97 Å². The van der Waals surface area contributed by atoms with Crippen LogP contribution in [0.15, 0.2) is 97.6 Å². The molecule has 1 N–H and O–H groups in total. The number of ether oxygens (including phenoxy) is 4. The Kier molecular flexibility index (Phi) is 14.6. The average Bonchev–Trinajstić information content (AvgIpc) is 4.19. The van der Waals surface area contributed by atoms with Crippen LogP contribution < -0.4 is 50.2 Å². The number of nitrogens with one attached hydrogen (secondary N) is 1. The first-order valence-corrected chi connectivity index (χ1v) is 19.2. The zero-order valence-corrected chi connectivity index (χ0v) is 35.1. The van der Waals surface area contributed by atoms with Crippen LogP contribution in [0, 0.1) is 37.0 Å². The smallest absolute Gasteiger partial charge is 1.00 e. The fraction of sp³-hybridized carbons (Fsp3) is 0.273. The third kappa shape index (κ3) is 10.8. The maximum Gasteiger partial charge on any atom is 1.00 e. The fourth-order valence-electron chi connectivity index (χ4n) is 6.75. The van der Waals surface area contributed by atoms with Crippen molar-refractivity contribution in [3.8, 4) is 63.0 Å². The van der Waals surface area contributed by atoms with Crippen LogP contribution in [0.3, 0.4) is 0 Å². The molecule has 2 aliphatic rings. The van der Waals surface area contributed by atoms with Crippen molar-refractivity contribution in [2.75, 3.05) is 27.4 Å². The van der Waals surface area contributed by atoms with Crippen LogP contribution in [0.25, 0.3) is 33.6 Å². The Labute approximate surface area is 371 Å². The zero-order valence-electron chi connectivity index (χ0n) is 34.4. The van der Waals surface area contributed by atoms with Crippen LogP contribution >= 0.6 is 0 Å². The number of hydrogen-bond donors (Lipinski definition) is 1. The van der Waals surface area contributed by atoms with Crippen molar-refractivity contribution in [1.82, 2.24) is 50.5 Å². The molecule has 0 radical (unpaired) electrons. The van der Waals surface area contributed by atoms with Gasteiger partial charge in [-0.3, -0.25) is 9.97 Å². The van der Waals surface area contributed by atoms with E-state index in [1.807, 2.05) is 74.5 Å². The molecule has 61 heavy (non-hydrogen) atoms.